The number of aryl methyl sites for hydroxylation is 2. The van der Waals surface area contributed by atoms with Crippen LogP contribution in [-0.2, 0) is 20.7 Å². The fourth-order valence-electron chi connectivity index (χ4n) is 5.03. The topological polar surface area (TPSA) is 49.9 Å². The second-order valence-corrected chi connectivity index (χ2v) is 11.7. The number of carbonyl (C=O) groups is 2. The first-order chi connectivity index (χ1) is 15.1. The number of rotatable bonds is 7. The molecule has 2 fully saturated rings. The van der Waals surface area contributed by atoms with Crippen LogP contribution in [0, 0.1) is 19.8 Å². The molecule has 0 aliphatic carbocycles. The van der Waals surface area contributed by atoms with Gasteiger partial charge >= 0.3 is 5.97 Å². The highest BCUT2D eigenvalue weighted by Crippen LogP contribution is 2.27. The fourth-order valence-corrected chi connectivity index (χ4v) is 5.95. The summed E-state index contributed by atoms with van der Waals surface area (Å²) < 4.78 is 5.57. The van der Waals surface area contributed by atoms with E-state index in [4.69, 9.17) is 4.74 Å². The van der Waals surface area contributed by atoms with Gasteiger partial charge in [-0.05, 0) is 103 Å². The van der Waals surface area contributed by atoms with Crippen molar-refractivity contribution in [1.29, 1.82) is 0 Å². The second kappa shape index (κ2) is 11.1. The SMILES string of the molecule is Cc1scc(CC[C@@H](CC(=O)OC(C)(C)C)C(=O)N2CCC(N3CCCCC3)CC2)c1C. The highest BCUT2D eigenvalue weighted by molar-refractivity contribution is 7.10. The summed E-state index contributed by atoms with van der Waals surface area (Å²) in [7, 11) is 0. The van der Waals surface area contributed by atoms with Gasteiger partial charge in [0, 0.05) is 29.9 Å². The Morgan fingerprint density at radius 3 is 2.31 bits per heavy atom. The zero-order valence-electron chi connectivity index (χ0n) is 20.7. The van der Waals surface area contributed by atoms with Gasteiger partial charge in [0.2, 0.25) is 5.91 Å². The first-order valence-corrected chi connectivity index (χ1v) is 13.3. The predicted octanol–water partition coefficient (Wildman–Crippen LogP) is 5.12. The average molecular weight is 463 g/mol. The molecule has 0 unspecified atom stereocenters. The van der Waals surface area contributed by atoms with Crippen molar-refractivity contribution < 1.29 is 14.3 Å². The Balaban J connectivity index is 1.61. The van der Waals surface area contributed by atoms with E-state index in [0.717, 1.165) is 32.4 Å². The lowest BCUT2D eigenvalue weighted by Gasteiger charge is -2.41. The molecule has 1 amide bonds. The number of hydrogen-bond acceptors (Lipinski definition) is 5. The van der Waals surface area contributed by atoms with Gasteiger partial charge in [-0.15, -0.1) is 11.3 Å². The van der Waals surface area contributed by atoms with Gasteiger partial charge in [-0.3, -0.25) is 9.59 Å². The van der Waals surface area contributed by atoms with Gasteiger partial charge in [-0.1, -0.05) is 6.42 Å². The number of esters is 1. The zero-order chi connectivity index (χ0) is 23.3. The van der Waals surface area contributed by atoms with E-state index in [1.807, 2.05) is 25.7 Å². The molecule has 1 atom stereocenters. The molecule has 0 saturated carbocycles. The smallest absolute Gasteiger partial charge is 0.307 e. The van der Waals surface area contributed by atoms with Crippen LogP contribution in [0.4, 0.5) is 0 Å². The van der Waals surface area contributed by atoms with Crippen molar-refractivity contribution in [3.63, 3.8) is 0 Å². The van der Waals surface area contributed by atoms with Crippen molar-refractivity contribution in [3.05, 3.63) is 21.4 Å². The van der Waals surface area contributed by atoms with Crippen LogP contribution in [0.15, 0.2) is 5.38 Å². The number of ether oxygens (including phenoxy) is 1. The maximum atomic E-state index is 13.5. The van der Waals surface area contributed by atoms with Gasteiger partial charge in [-0.25, -0.2) is 0 Å². The molecule has 0 bridgehead atoms. The lowest BCUT2D eigenvalue weighted by atomic mass is 9.92. The molecule has 1 aromatic rings. The number of likely N-dealkylation sites (tertiary alicyclic amines) is 2. The van der Waals surface area contributed by atoms with Gasteiger partial charge in [0.1, 0.15) is 5.60 Å². The Morgan fingerprint density at radius 1 is 1.09 bits per heavy atom. The summed E-state index contributed by atoms with van der Waals surface area (Å²) in [6.07, 6.45) is 7.76. The normalized spacial score (nSPS) is 19.7. The van der Waals surface area contributed by atoms with E-state index < -0.39 is 5.60 Å². The van der Waals surface area contributed by atoms with Crippen molar-refractivity contribution in [1.82, 2.24) is 9.80 Å². The van der Waals surface area contributed by atoms with Crippen molar-refractivity contribution >= 4 is 23.2 Å². The highest BCUT2D eigenvalue weighted by Gasteiger charge is 2.33. The minimum atomic E-state index is -0.529. The summed E-state index contributed by atoms with van der Waals surface area (Å²) in [5, 5.41) is 2.20. The van der Waals surface area contributed by atoms with Gasteiger partial charge in [0.15, 0.2) is 0 Å². The molecule has 2 aliphatic heterocycles. The van der Waals surface area contributed by atoms with Gasteiger partial charge in [-0.2, -0.15) is 0 Å². The van der Waals surface area contributed by atoms with Crippen LogP contribution in [-0.4, -0.2) is 59.5 Å². The number of nitrogens with zero attached hydrogens (tertiary/aromatic N) is 2. The summed E-state index contributed by atoms with van der Waals surface area (Å²) in [6, 6.07) is 0.611. The molecule has 0 radical (unpaired) electrons. The van der Waals surface area contributed by atoms with E-state index in [1.165, 1.54) is 48.4 Å². The van der Waals surface area contributed by atoms with Crippen LogP contribution in [0.3, 0.4) is 0 Å². The predicted molar refractivity (Wildman–Crippen MR) is 131 cm³/mol. The van der Waals surface area contributed by atoms with E-state index in [-0.39, 0.29) is 24.2 Å². The van der Waals surface area contributed by atoms with Crippen LogP contribution in [0.1, 0.15) is 81.7 Å². The maximum absolute atomic E-state index is 13.5. The first-order valence-electron chi connectivity index (χ1n) is 12.4. The van der Waals surface area contributed by atoms with E-state index in [0.29, 0.717) is 12.5 Å². The third-order valence-electron chi connectivity index (χ3n) is 7.02. The molecule has 2 saturated heterocycles. The third-order valence-corrected chi connectivity index (χ3v) is 8.08. The molecule has 0 N–H and O–H groups in total. The Bertz CT molecular complexity index is 769. The average Bonchev–Trinajstić information content (AvgIpc) is 3.08. The fraction of sp³-hybridized carbons (Fsp3) is 0.769. The lowest BCUT2D eigenvalue weighted by Crippen LogP contribution is -2.49. The minimum absolute atomic E-state index is 0.137. The summed E-state index contributed by atoms with van der Waals surface area (Å²) >= 11 is 1.76. The molecule has 1 aromatic heterocycles. The van der Waals surface area contributed by atoms with Gasteiger partial charge < -0.3 is 14.5 Å². The van der Waals surface area contributed by atoms with Gasteiger partial charge in [0.05, 0.1) is 6.42 Å². The Labute approximate surface area is 198 Å². The standard InChI is InChI=1S/C26H42N2O3S/c1-19-20(2)32-18-22(19)10-9-21(17-24(29)31-26(3,4)5)25(30)28-15-11-23(12-16-28)27-13-7-6-8-14-27/h18,21,23H,6-17H2,1-5H3/t21-/m0/s1. The maximum Gasteiger partial charge on any atom is 0.307 e. The molecule has 3 heterocycles. The number of amides is 1. The molecule has 2 aliphatic rings. The summed E-state index contributed by atoms with van der Waals surface area (Å²) in [6.45, 7) is 14.0. The number of hydrogen-bond donors (Lipinski definition) is 0. The number of carbonyl (C=O) groups excluding carboxylic acids is 2. The Kier molecular flexibility index (Phi) is 8.79. The Morgan fingerprint density at radius 2 is 1.75 bits per heavy atom. The van der Waals surface area contributed by atoms with Crippen molar-refractivity contribution in [3.8, 4) is 0 Å². The number of piperidine rings is 2. The molecule has 6 heteroatoms. The summed E-state index contributed by atoms with van der Waals surface area (Å²) in [5.74, 6) is -0.439. The van der Waals surface area contributed by atoms with E-state index >= 15 is 0 Å². The molecular formula is C26H42N2O3S. The van der Waals surface area contributed by atoms with E-state index in [2.05, 4.69) is 24.1 Å². The van der Waals surface area contributed by atoms with E-state index in [1.54, 1.807) is 11.3 Å². The lowest BCUT2D eigenvalue weighted by molar-refractivity contribution is -0.158. The summed E-state index contributed by atoms with van der Waals surface area (Å²) in [5.41, 5.74) is 2.09. The van der Waals surface area contributed by atoms with Crippen LogP contribution >= 0.6 is 11.3 Å². The molecule has 32 heavy (non-hydrogen) atoms. The van der Waals surface area contributed by atoms with Crippen LogP contribution in [0.25, 0.3) is 0 Å². The Hall–Kier alpha value is -1.40. The second-order valence-electron chi connectivity index (χ2n) is 10.6. The van der Waals surface area contributed by atoms with Crippen LogP contribution in [0.5, 0.6) is 0 Å². The van der Waals surface area contributed by atoms with Crippen molar-refractivity contribution in [2.24, 2.45) is 5.92 Å². The molecule has 0 aromatic carbocycles. The monoisotopic (exact) mass is 462 g/mol. The van der Waals surface area contributed by atoms with Crippen molar-refractivity contribution in [2.45, 2.75) is 97.6 Å². The molecular weight excluding hydrogens is 420 g/mol. The summed E-state index contributed by atoms with van der Waals surface area (Å²) in [4.78, 5) is 32.1. The highest BCUT2D eigenvalue weighted by atomic mass is 32.1. The van der Waals surface area contributed by atoms with E-state index in [9.17, 15) is 9.59 Å². The molecule has 5 nitrogen and oxygen atoms in total. The molecule has 180 valence electrons. The minimum Gasteiger partial charge on any atom is -0.460 e. The zero-order valence-corrected chi connectivity index (χ0v) is 21.6. The third kappa shape index (κ3) is 7.05. The first kappa shape index (κ1) is 25.2. The molecule has 3 rings (SSSR count). The van der Waals surface area contributed by atoms with Crippen LogP contribution in [0.2, 0.25) is 0 Å². The van der Waals surface area contributed by atoms with Crippen LogP contribution < -0.4 is 0 Å². The largest absolute Gasteiger partial charge is 0.460 e. The quantitative estimate of drug-likeness (QED) is 0.528. The number of thiophene rings is 1. The van der Waals surface area contributed by atoms with Gasteiger partial charge in [0.25, 0.3) is 0 Å². The molecule has 0 spiro atoms. The van der Waals surface area contributed by atoms with Crippen molar-refractivity contribution in [2.75, 3.05) is 26.2 Å².